The van der Waals surface area contributed by atoms with Crippen LogP contribution in [0.15, 0.2) is 41.5 Å². The van der Waals surface area contributed by atoms with Crippen LogP contribution in [0, 0.1) is 12.8 Å². The van der Waals surface area contributed by atoms with Crippen molar-refractivity contribution in [2.24, 2.45) is 5.92 Å². The molecule has 0 spiro atoms. The first kappa shape index (κ1) is 15.7. The first-order valence-corrected chi connectivity index (χ1v) is 8.16. The van der Waals surface area contributed by atoms with Crippen molar-refractivity contribution < 1.29 is 4.74 Å². The maximum atomic E-state index is 11.8. The predicted molar refractivity (Wildman–Crippen MR) is 89.5 cm³/mol. The molecule has 5 nitrogen and oxygen atoms in total. The number of hydrogen-bond donors (Lipinski definition) is 1. The number of nitrogens with zero attached hydrogens (tertiary/aromatic N) is 2. The summed E-state index contributed by atoms with van der Waals surface area (Å²) >= 11 is 0. The molecule has 5 heteroatoms. The molecule has 0 amide bonds. The quantitative estimate of drug-likeness (QED) is 0.921. The number of aromatic nitrogens is 2. The standard InChI is InChI=1S/C18H23N3O2/c1-14-5-2-3-7-17(14)23-13-15-6-4-10-21(11-15)12-16-18(22)20-9-8-19-16/h2-3,5,7-9,15H,4,6,10-13H2,1H3,(H,20,22). The Labute approximate surface area is 136 Å². The molecular formula is C18H23N3O2. The van der Waals surface area contributed by atoms with Gasteiger partial charge in [-0.3, -0.25) is 14.7 Å². The van der Waals surface area contributed by atoms with Crippen LogP contribution >= 0.6 is 0 Å². The van der Waals surface area contributed by atoms with Crippen LogP contribution in [0.3, 0.4) is 0 Å². The zero-order valence-corrected chi connectivity index (χ0v) is 13.5. The molecule has 0 radical (unpaired) electrons. The topological polar surface area (TPSA) is 58.2 Å². The molecule has 2 heterocycles. The van der Waals surface area contributed by atoms with Gasteiger partial charge >= 0.3 is 0 Å². The van der Waals surface area contributed by atoms with Crippen molar-refractivity contribution in [2.45, 2.75) is 26.3 Å². The first-order valence-electron chi connectivity index (χ1n) is 8.16. The van der Waals surface area contributed by atoms with Gasteiger partial charge in [0, 0.05) is 31.4 Å². The summed E-state index contributed by atoms with van der Waals surface area (Å²) in [7, 11) is 0. The Kier molecular flexibility index (Phi) is 5.08. The summed E-state index contributed by atoms with van der Waals surface area (Å²) < 4.78 is 5.99. The molecule has 2 aromatic rings. The van der Waals surface area contributed by atoms with E-state index in [0.717, 1.165) is 31.9 Å². The smallest absolute Gasteiger partial charge is 0.270 e. The molecule has 0 bridgehead atoms. The number of piperidine rings is 1. The molecule has 1 atom stereocenters. The summed E-state index contributed by atoms with van der Waals surface area (Å²) in [6, 6.07) is 8.11. The van der Waals surface area contributed by atoms with E-state index < -0.39 is 0 Å². The first-order chi connectivity index (χ1) is 11.2. The molecule has 1 unspecified atom stereocenters. The minimum absolute atomic E-state index is 0.0919. The molecule has 1 aromatic heterocycles. The van der Waals surface area contributed by atoms with E-state index in [9.17, 15) is 4.79 Å². The van der Waals surface area contributed by atoms with Crippen LogP contribution in [0.1, 0.15) is 24.1 Å². The average Bonchev–Trinajstić information content (AvgIpc) is 2.57. The molecule has 1 aliphatic heterocycles. The van der Waals surface area contributed by atoms with Crippen molar-refractivity contribution in [3.63, 3.8) is 0 Å². The summed E-state index contributed by atoms with van der Waals surface area (Å²) in [5, 5.41) is 0. The second-order valence-corrected chi connectivity index (χ2v) is 6.18. The van der Waals surface area contributed by atoms with E-state index in [-0.39, 0.29) is 5.56 Å². The minimum Gasteiger partial charge on any atom is -0.493 e. The maximum Gasteiger partial charge on any atom is 0.270 e. The van der Waals surface area contributed by atoms with Gasteiger partial charge in [0.1, 0.15) is 11.4 Å². The van der Waals surface area contributed by atoms with Crippen molar-refractivity contribution in [3.8, 4) is 5.75 Å². The molecule has 122 valence electrons. The second kappa shape index (κ2) is 7.42. The summed E-state index contributed by atoms with van der Waals surface area (Å²) in [5.41, 5.74) is 1.67. The van der Waals surface area contributed by atoms with E-state index >= 15 is 0 Å². The Hall–Kier alpha value is -2.14. The van der Waals surface area contributed by atoms with Crippen LogP contribution in [0.5, 0.6) is 5.75 Å². The highest BCUT2D eigenvalue weighted by molar-refractivity contribution is 5.31. The molecule has 23 heavy (non-hydrogen) atoms. The van der Waals surface area contributed by atoms with Crippen molar-refractivity contribution in [1.82, 2.24) is 14.9 Å². The lowest BCUT2D eigenvalue weighted by molar-refractivity contribution is 0.123. The number of aromatic amines is 1. The molecule has 1 aliphatic rings. The third-order valence-corrected chi connectivity index (χ3v) is 4.33. The fraction of sp³-hybridized carbons (Fsp3) is 0.444. The number of hydrogen-bond acceptors (Lipinski definition) is 4. The van der Waals surface area contributed by atoms with E-state index in [2.05, 4.69) is 27.9 Å². The van der Waals surface area contributed by atoms with Gasteiger partial charge in [-0.1, -0.05) is 18.2 Å². The molecule has 0 saturated carbocycles. The lowest BCUT2D eigenvalue weighted by Crippen LogP contribution is -2.38. The van der Waals surface area contributed by atoms with Gasteiger partial charge in [-0.05, 0) is 37.9 Å². The van der Waals surface area contributed by atoms with Crippen molar-refractivity contribution in [1.29, 1.82) is 0 Å². The monoisotopic (exact) mass is 313 g/mol. The van der Waals surface area contributed by atoms with E-state index in [4.69, 9.17) is 4.74 Å². The number of ether oxygens (including phenoxy) is 1. The molecule has 0 aliphatic carbocycles. The van der Waals surface area contributed by atoms with E-state index in [1.807, 2.05) is 18.2 Å². The third kappa shape index (κ3) is 4.20. The zero-order chi connectivity index (χ0) is 16.1. The molecule has 1 saturated heterocycles. The Bertz CT molecular complexity index is 698. The summed E-state index contributed by atoms with van der Waals surface area (Å²) in [6.07, 6.45) is 5.51. The summed E-state index contributed by atoms with van der Waals surface area (Å²) in [4.78, 5) is 20.9. The van der Waals surface area contributed by atoms with Crippen molar-refractivity contribution >= 4 is 0 Å². The number of aryl methyl sites for hydroxylation is 1. The van der Waals surface area contributed by atoms with Crippen LogP contribution < -0.4 is 10.3 Å². The van der Waals surface area contributed by atoms with Crippen LogP contribution in [-0.2, 0) is 6.54 Å². The fourth-order valence-electron chi connectivity index (χ4n) is 3.06. The molecule has 1 fully saturated rings. The highest BCUT2D eigenvalue weighted by Gasteiger charge is 2.21. The van der Waals surface area contributed by atoms with Crippen LogP contribution in [0.2, 0.25) is 0 Å². The van der Waals surface area contributed by atoms with Crippen LogP contribution in [0.4, 0.5) is 0 Å². The maximum absolute atomic E-state index is 11.8. The van der Waals surface area contributed by atoms with Crippen molar-refractivity contribution in [2.75, 3.05) is 19.7 Å². The Morgan fingerprint density at radius 3 is 3.09 bits per heavy atom. The molecule has 3 rings (SSSR count). The molecular weight excluding hydrogens is 290 g/mol. The molecule has 1 N–H and O–H groups in total. The van der Waals surface area contributed by atoms with Crippen molar-refractivity contribution in [3.05, 3.63) is 58.3 Å². The third-order valence-electron chi connectivity index (χ3n) is 4.33. The van der Waals surface area contributed by atoms with E-state index in [1.165, 1.54) is 12.0 Å². The fourth-order valence-corrected chi connectivity index (χ4v) is 3.06. The van der Waals surface area contributed by atoms with E-state index in [1.54, 1.807) is 12.4 Å². The van der Waals surface area contributed by atoms with Crippen LogP contribution in [0.25, 0.3) is 0 Å². The minimum atomic E-state index is -0.0919. The number of rotatable bonds is 5. The SMILES string of the molecule is Cc1ccccc1OCC1CCCN(Cc2ncc[nH]c2=O)C1. The van der Waals surface area contributed by atoms with Gasteiger partial charge < -0.3 is 9.72 Å². The van der Waals surface area contributed by atoms with Gasteiger partial charge in [-0.25, -0.2) is 0 Å². The lowest BCUT2D eigenvalue weighted by atomic mass is 9.99. The highest BCUT2D eigenvalue weighted by atomic mass is 16.5. The van der Waals surface area contributed by atoms with Gasteiger partial charge in [0.15, 0.2) is 0 Å². The van der Waals surface area contributed by atoms with Gasteiger partial charge in [0.25, 0.3) is 5.56 Å². The number of benzene rings is 1. The Morgan fingerprint density at radius 1 is 1.39 bits per heavy atom. The van der Waals surface area contributed by atoms with Gasteiger partial charge in [-0.2, -0.15) is 0 Å². The van der Waals surface area contributed by atoms with Crippen LogP contribution in [-0.4, -0.2) is 34.6 Å². The second-order valence-electron chi connectivity index (χ2n) is 6.18. The molecule has 1 aromatic carbocycles. The van der Waals surface area contributed by atoms with E-state index in [0.29, 0.717) is 18.2 Å². The Balaban J connectivity index is 1.55. The predicted octanol–water partition coefficient (Wildman–Crippen LogP) is 2.37. The summed E-state index contributed by atoms with van der Waals surface area (Å²) in [5.74, 6) is 1.46. The highest BCUT2D eigenvalue weighted by Crippen LogP contribution is 2.21. The zero-order valence-electron chi connectivity index (χ0n) is 13.5. The lowest BCUT2D eigenvalue weighted by Gasteiger charge is -2.32. The largest absolute Gasteiger partial charge is 0.493 e. The Morgan fingerprint density at radius 2 is 2.26 bits per heavy atom. The number of likely N-dealkylation sites (tertiary alicyclic amines) is 1. The van der Waals surface area contributed by atoms with Gasteiger partial charge in [0.05, 0.1) is 6.61 Å². The summed E-state index contributed by atoms with van der Waals surface area (Å²) in [6.45, 7) is 5.35. The average molecular weight is 313 g/mol. The number of para-hydroxylation sites is 1. The number of H-pyrrole nitrogens is 1. The van der Waals surface area contributed by atoms with Gasteiger partial charge in [-0.15, -0.1) is 0 Å². The number of nitrogens with one attached hydrogen (secondary N) is 1. The normalized spacial score (nSPS) is 18.7. The van der Waals surface area contributed by atoms with Gasteiger partial charge in [0.2, 0.25) is 0 Å².